The van der Waals surface area contributed by atoms with E-state index in [2.05, 4.69) is 64.6 Å². The van der Waals surface area contributed by atoms with Gasteiger partial charge in [0, 0.05) is 34.6 Å². The molecule has 1 N–H and O–H groups in total. The van der Waals surface area contributed by atoms with E-state index in [-0.39, 0.29) is 28.8 Å². The molecule has 3 aromatic rings. The molecule has 2 heterocycles. The van der Waals surface area contributed by atoms with Crippen LogP contribution in [0.15, 0.2) is 82.2 Å². The van der Waals surface area contributed by atoms with Crippen LogP contribution in [-0.2, 0) is 14.4 Å². The number of nitrogens with one attached hydrogen (secondary N) is 1. The van der Waals surface area contributed by atoms with Crippen molar-refractivity contribution in [1.82, 2.24) is 5.06 Å². The van der Waals surface area contributed by atoms with Crippen LogP contribution in [0.5, 0.6) is 0 Å². The summed E-state index contributed by atoms with van der Waals surface area (Å²) in [5, 5.41) is 5.40. The zero-order valence-electron chi connectivity index (χ0n) is 18.6. The summed E-state index contributed by atoms with van der Waals surface area (Å²) in [6.07, 6.45) is 0.769. The predicted molar refractivity (Wildman–Crippen MR) is 134 cm³/mol. The van der Waals surface area contributed by atoms with Gasteiger partial charge in [0.25, 0.3) is 0 Å². The molecular weight excluding hydrogens is 500 g/mol. The van der Waals surface area contributed by atoms with Gasteiger partial charge in [0.05, 0.1) is 10.9 Å². The summed E-state index contributed by atoms with van der Waals surface area (Å²) in [5.41, 5.74) is 4.54. The Hall–Kier alpha value is -2.19. The Kier molecular flexibility index (Phi) is 6.07. The zero-order chi connectivity index (χ0) is 23.2. The molecule has 2 aliphatic heterocycles. The Balaban J connectivity index is 1.52. The number of halogens is 1. The van der Waals surface area contributed by atoms with Crippen molar-refractivity contribution in [3.8, 4) is 0 Å². The summed E-state index contributed by atoms with van der Waals surface area (Å²) >= 11 is 3.63. The highest BCUT2D eigenvalue weighted by molar-refractivity contribution is 9.10. The maximum absolute atomic E-state index is 13.1. The zero-order valence-corrected chi connectivity index (χ0v) is 21.0. The molecule has 0 aromatic heterocycles. The molecule has 0 amide bonds. The number of hydrogen-bond acceptors (Lipinski definition) is 5. The molecule has 2 unspecified atom stereocenters. The van der Waals surface area contributed by atoms with Crippen molar-refractivity contribution in [2.45, 2.75) is 43.2 Å². The largest absolute Gasteiger partial charge is 0.380 e. The van der Waals surface area contributed by atoms with E-state index in [0.717, 1.165) is 22.1 Å². The van der Waals surface area contributed by atoms with Crippen LogP contribution >= 0.6 is 15.9 Å². The van der Waals surface area contributed by atoms with Gasteiger partial charge in [-0.1, -0.05) is 70.9 Å². The van der Waals surface area contributed by atoms with Crippen LogP contribution in [0.4, 0.5) is 5.69 Å². The molecule has 172 valence electrons. The number of nitrogens with zero attached hydrogens (tertiary/aromatic N) is 1. The van der Waals surface area contributed by atoms with Gasteiger partial charge in [-0.2, -0.15) is 17.8 Å². The van der Waals surface area contributed by atoms with Crippen molar-refractivity contribution in [2.24, 2.45) is 5.92 Å². The van der Waals surface area contributed by atoms with Gasteiger partial charge in [0.2, 0.25) is 0 Å². The topological polar surface area (TPSA) is 58.6 Å². The summed E-state index contributed by atoms with van der Waals surface area (Å²) in [5.74, 6) is 0.294. The highest BCUT2D eigenvalue weighted by Gasteiger charge is 2.50. The Morgan fingerprint density at radius 2 is 1.79 bits per heavy atom. The molecule has 0 spiro atoms. The normalized spacial score (nSPS) is 24.7. The average molecular weight is 527 g/mol. The fourth-order valence-corrected chi connectivity index (χ4v) is 6.63. The monoisotopic (exact) mass is 526 g/mol. The smallest absolute Gasteiger partial charge is 0.313 e. The van der Waals surface area contributed by atoms with Crippen molar-refractivity contribution >= 4 is 31.7 Å². The Labute approximate surface area is 204 Å². The first-order chi connectivity index (χ1) is 15.9. The van der Waals surface area contributed by atoms with Crippen molar-refractivity contribution in [2.75, 3.05) is 11.9 Å². The van der Waals surface area contributed by atoms with Crippen molar-refractivity contribution in [1.29, 1.82) is 0 Å². The molecule has 5 rings (SSSR count). The molecule has 1 fully saturated rings. The molecule has 2 aliphatic rings. The van der Waals surface area contributed by atoms with E-state index < -0.39 is 10.1 Å². The average Bonchev–Trinajstić information content (AvgIpc) is 3.14. The summed E-state index contributed by atoms with van der Waals surface area (Å²) < 4.78 is 33.0. The van der Waals surface area contributed by atoms with Crippen molar-refractivity contribution < 1.29 is 12.7 Å². The van der Waals surface area contributed by atoms with Crippen LogP contribution < -0.4 is 5.32 Å². The summed E-state index contributed by atoms with van der Waals surface area (Å²) in [6, 6.07) is 23.6. The van der Waals surface area contributed by atoms with Crippen LogP contribution in [0.25, 0.3) is 0 Å². The van der Waals surface area contributed by atoms with E-state index in [1.54, 1.807) is 29.3 Å². The summed E-state index contributed by atoms with van der Waals surface area (Å²) in [6.45, 7) is 4.53. The van der Waals surface area contributed by atoms with E-state index in [1.807, 2.05) is 19.1 Å². The van der Waals surface area contributed by atoms with E-state index in [9.17, 15) is 8.42 Å². The summed E-state index contributed by atoms with van der Waals surface area (Å²) in [4.78, 5) is 0.178. The number of hydrogen-bond donors (Lipinski definition) is 1. The molecule has 4 atom stereocenters. The third-order valence-electron chi connectivity index (χ3n) is 6.82. The second-order valence-corrected chi connectivity index (χ2v) is 11.3. The maximum atomic E-state index is 13.1. The lowest BCUT2D eigenvalue weighted by Crippen LogP contribution is -2.43. The lowest BCUT2D eigenvalue weighted by Gasteiger charge is -2.38. The molecule has 7 heteroatoms. The number of aryl methyl sites for hydroxylation is 1. The first-order valence-electron chi connectivity index (χ1n) is 11.3. The highest BCUT2D eigenvalue weighted by Crippen LogP contribution is 2.48. The molecular formula is C26H27BrN2O3S. The number of fused-ring (bicyclic) bond motifs is 2. The third-order valence-corrected chi connectivity index (χ3v) is 8.55. The van der Waals surface area contributed by atoms with E-state index >= 15 is 0 Å². The van der Waals surface area contributed by atoms with Crippen LogP contribution in [0.3, 0.4) is 0 Å². The second kappa shape index (κ2) is 8.87. The minimum atomic E-state index is -3.91. The molecule has 0 saturated carbocycles. The first kappa shape index (κ1) is 22.6. The van der Waals surface area contributed by atoms with Gasteiger partial charge in [0.1, 0.15) is 0 Å². The lowest BCUT2D eigenvalue weighted by atomic mass is 9.74. The van der Waals surface area contributed by atoms with Crippen molar-refractivity contribution in [3.63, 3.8) is 0 Å². The van der Waals surface area contributed by atoms with Gasteiger partial charge in [-0.3, -0.25) is 0 Å². The fraction of sp³-hybridized carbons (Fsp3) is 0.308. The Morgan fingerprint density at radius 3 is 2.48 bits per heavy atom. The molecule has 0 aliphatic carbocycles. The fourth-order valence-electron chi connectivity index (χ4n) is 5.27. The number of hydroxylamine groups is 2. The molecule has 3 aromatic carbocycles. The molecule has 33 heavy (non-hydrogen) atoms. The Morgan fingerprint density at radius 1 is 1.06 bits per heavy atom. The summed E-state index contributed by atoms with van der Waals surface area (Å²) in [7, 11) is -3.91. The van der Waals surface area contributed by atoms with Gasteiger partial charge in [-0.05, 0) is 54.8 Å². The third kappa shape index (κ3) is 4.23. The minimum Gasteiger partial charge on any atom is -0.380 e. The SMILES string of the molecule is CCC1[C@@H]2Nc3ccc(Br)cc3C(c3ccccc3)[C@H]2CN1OS(=O)(=O)c1ccc(C)cc1. The Bertz CT molecular complexity index is 1250. The molecule has 0 bridgehead atoms. The van der Waals surface area contributed by atoms with E-state index in [4.69, 9.17) is 4.28 Å². The van der Waals surface area contributed by atoms with Gasteiger partial charge in [-0.15, -0.1) is 0 Å². The standard InChI is InChI=1S/C26H27BrN2O3S/c1-3-24-26-22(16-29(24)32-33(30,31)20-12-9-17(2)10-13-20)25(18-7-5-4-6-8-18)21-15-19(27)11-14-23(21)28-26/h4-15,22,24-26,28H,3,16H2,1-2H3/t22-,24?,25?,26-/m1/s1. The second-order valence-electron chi connectivity index (χ2n) is 8.87. The van der Waals surface area contributed by atoms with Gasteiger partial charge in [0.15, 0.2) is 0 Å². The number of rotatable bonds is 5. The molecule has 1 saturated heterocycles. The quantitative estimate of drug-likeness (QED) is 0.461. The van der Waals surface area contributed by atoms with Crippen LogP contribution in [0.1, 0.15) is 36.0 Å². The van der Waals surface area contributed by atoms with E-state index in [1.165, 1.54) is 11.1 Å². The number of benzene rings is 3. The highest BCUT2D eigenvalue weighted by atomic mass is 79.9. The first-order valence-corrected chi connectivity index (χ1v) is 13.5. The van der Waals surface area contributed by atoms with Crippen molar-refractivity contribution in [3.05, 3.63) is 94.0 Å². The van der Waals surface area contributed by atoms with Crippen LogP contribution in [0, 0.1) is 12.8 Å². The number of anilines is 1. The van der Waals surface area contributed by atoms with Gasteiger partial charge < -0.3 is 5.32 Å². The van der Waals surface area contributed by atoms with Gasteiger partial charge in [-0.25, -0.2) is 0 Å². The van der Waals surface area contributed by atoms with Crippen LogP contribution in [-0.4, -0.2) is 32.1 Å². The molecule has 0 radical (unpaired) electrons. The maximum Gasteiger partial charge on any atom is 0.313 e. The van der Waals surface area contributed by atoms with E-state index in [0.29, 0.717) is 6.54 Å². The molecule has 5 nitrogen and oxygen atoms in total. The van der Waals surface area contributed by atoms with Crippen LogP contribution in [0.2, 0.25) is 0 Å². The van der Waals surface area contributed by atoms with Gasteiger partial charge >= 0.3 is 10.1 Å². The predicted octanol–water partition coefficient (Wildman–Crippen LogP) is 5.71. The minimum absolute atomic E-state index is 0.0711. The lowest BCUT2D eigenvalue weighted by molar-refractivity contribution is -0.0676.